The molecule has 1 saturated heterocycles. The molecule has 0 spiro atoms. The first-order valence-electron chi connectivity index (χ1n) is 14.3. The zero-order valence-electron chi connectivity index (χ0n) is 24.4. The van der Waals surface area contributed by atoms with E-state index in [1.807, 2.05) is 34.7 Å². The number of carbonyl (C=O) groups is 3. The van der Waals surface area contributed by atoms with Crippen LogP contribution in [0.1, 0.15) is 101 Å². The van der Waals surface area contributed by atoms with Gasteiger partial charge in [-0.25, -0.2) is 9.78 Å². The number of carboxylic acid groups (broad SMARTS) is 1. The van der Waals surface area contributed by atoms with Gasteiger partial charge in [0.2, 0.25) is 11.8 Å². The van der Waals surface area contributed by atoms with Gasteiger partial charge >= 0.3 is 5.97 Å². The Kier molecular flexibility index (Phi) is 13.8. The lowest BCUT2D eigenvalue weighted by molar-refractivity contribution is -0.149. The minimum atomic E-state index is -1.15. The van der Waals surface area contributed by atoms with Crippen molar-refractivity contribution in [1.29, 1.82) is 0 Å². The smallest absolute Gasteiger partial charge is 0.355 e. The fourth-order valence-electron chi connectivity index (χ4n) is 4.88. The highest BCUT2D eigenvalue weighted by atomic mass is 32.1. The summed E-state index contributed by atoms with van der Waals surface area (Å²) in [6, 6.07) is -1.42. The average molecular weight is 569 g/mol. The molecule has 1 aliphatic rings. The number of amides is 2. The Morgan fingerprint density at radius 2 is 1.97 bits per heavy atom. The molecule has 1 fully saturated rings. The SMILES string of the molecule is CCCCOCN(C(=O)[C@@H](NC(=O)[C@H]1CCCCN1C)[C@@H](C)CC)[C@H](C[C@@H](O)c1nc(C(=O)O)cs1)C(C)C. The maximum Gasteiger partial charge on any atom is 0.355 e. The second-order valence-electron chi connectivity index (χ2n) is 11.0. The molecule has 1 aliphatic heterocycles. The fraction of sp³-hybridized carbons (Fsp3) is 0.786. The van der Waals surface area contributed by atoms with Crippen LogP contribution in [0.15, 0.2) is 5.38 Å². The van der Waals surface area contributed by atoms with E-state index in [1.54, 1.807) is 4.90 Å². The van der Waals surface area contributed by atoms with Crippen LogP contribution in [0.2, 0.25) is 0 Å². The molecule has 1 aromatic heterocycles. The fourth-order valence-corrected chi connectivity index (χ4v) is 5.67. The number of hydrogen-bond acceptors (Lipinski definition) is 8. The number of aromatic nitrogens is 1. The summed E-state index contributed by atoms with van der Waals surface area (Å²) in [5.74, 6) is -1.67. The molecular formula is C28H48N4O6S. The van der Waals surface area contributed by atoms with Crippen LogP contribution in [0.3, 0.4) is 0 Å². The number of rotatable bonds is 16. The Hall–Kier alpha value is -2.08. The Bertz CT molecular complexity index is 926. The highest BCUT2D eigenvalue weighted by Gasteiger charge is 2.38. The van der Waals surface area contributed by atoms with Crippen molar-refractivity contribution in [3.05, 3.63) is 16.1 Å². The van der Waals surface area contributed by atoms with Crippen molar-refractivity contribution in [3.63, 3.8) is 0 Å². The van der Waals surface area contributed by atoms with Crippen LogP contribution in [0.5, 0.6) is 0 Å². The van der Waals surface area contributed by atoms with Crippen LogP contribution >= 0.6 is 11.3 Å². The van der Waals surface area contributed by atoms with Crippen LogP contribution in [-0.2, 0) is 14.3 Å². The highest BCUT2D eigenvalue weighted by Crippen LogP contribution is 2.29. The Morgan fingerprint density at radius 1 is 1.26 bits per heavy atom. The molecule has 0 radical (unpaired) electrons. The number of hydrogen-bond donors (Lipinski definition) is 3. The minimum Gasteiger partial charge on any atom is -0.476 e. The van der Waals surface area contributed by atoms with Crippen molar-refractivity contribution in [2.24, 2.45) is 11.8 Å². The van der Waals surface area contributed by atoms with Crippen molar-refractivity contribution >= 4 is 29.1 Å². The normalized spacial score (nSPS) is 19.3. The van der Waals surface area contributed by atoms with E-state index < -0.39 is 24.2 Å². The van der Waals surface area contributed by atoms with Crippen molar-refractivity contribution in [2.45, 2.75) is 104 Å². The van der Waals surface area contributed by atoms with E-state index in [4.69, 9.17) is 4.74 Å². The van der Waals surface area contributed by atoms with E-state index in [2.05, 4.69) is 22.1 Å². The maximum absolute atomic E-state index is 14.2. The van der Waals surface area contributed by atoms with Crippen LogP contribution in [0.25, 0.3) is 0 Å². The van der Waals surface area contributed by atoms with Gasteiger partial charge in [-0.1, -0.05) is 53.9 Å². The number of thiazole rings is 1. The Morgan fingerprint density at radius 3 is 2.54 bits per heavy atom. The van der Waals surface area contributed by atoms with E-state index in [1.165, 1.54) is 5.38 Å². The van der Waals surface area contributed by atoms with Crippen LogP contribution in [0.4, 0.5) is 0 Å². The zero-order valence-corrected chi connectivity index (χ0v) is 25.2. The third-order valence-corrected chi connectivity index (χ3v) is 8.61. The number of piperidine rings is 1. The van der Waals surface area contributed by atoms with Gasteiger partial charge in [0.25, 0.3) is 0 Å². The summed E-state index contributed by atoms with van der Waals surface area (Å²) in [5.41, 5.74) is -0.113. The summed E-state index contributed by atoms with van der Waals surface area (Å²) < 4.78 is 5.93. The second kappa shape index (κ2) is 16.2. The van der Waals surface area contributed by atoms with Crippen molar-refractivity contribution < 1.29 is 29.3 Å². The number of nitrogens with one attached hydrogen (secondary N) is 1. The van der Waals surface area contributed by atoms with Gasteiger partial charge in [-0.05, 0) is 44.7 Å². The van der Waals surface area contributed by atoms with Crippen molar-refractivity contribution in [2.75, 3.05) is 26.9 Å². The first-order chi connectivity index (χ1) is 18.5. The van der Waals surface area contributed by atoms with Gasteiger partial charge in [-0.2, -0.15) is 0 Å². The summed E-state index contributed by atoms with van der Waals surface area (Å²) in [5, 5.41) is 25.0. The van der Waals surface area contributed by atoms with Crippen LogP contribution in [-0.4, -0.2) is 87.8 Å². The molecule has 0 unspecified atom stereocenters. The summed E-state index contributed by atoms with van der Waals surface area (Å²) in [6.07, 6.45) is 4.43. The van der Waals surface area contributed by atoms with Gasteiger partial charge in [0.05, 0.1) is 6.04 Å². The summed E-state index contributed by atoms with van der Waals surface area (Å²) in [7, 11) is 1.95. The molecule has 0 aliphatic carbocycles. The highest BCUT2D eigenvalue weighted by molar-refractivity contribution is 7.09. The molecule has 0 aromatic carbocycles. The molecule has 10 nitrogen and oxygen atoms in total. The predicted octanol–water partition coefficient (Wildman–Crippen LogP) is 3.91. The number of likely N-dealkylation sites (N-methyl/N-ethyl adjacent to an activating group) is 1. The van der Waals surface area contributed by atoms with Crippen LogP contribution < -0.4 is 5.32 Å². The first kappa shape index (κ1) is 33.1. The Labute approximate surface area is 237 Å². The monoisotopic (exact) mass is 568 g/mol. The first-order valence-corrected chi connectivity index (χ1v) is 15.1. The number of carboxylic acids is 1. The number of aliphatic hydroxyl groups excluding tert-OH is 1. The summed E-state index contributed by atoms with van der Waals surface area (Å²) in [6.45, 7) is 11.4. The third kappa shape index (κ3) is 9.51. The number of carbonyl (C=O) groups excluding carboxylic acids is 2. The predicted molar refractivity (Wildman–Crippen MR) is 152 cm³/mol. The van der Waals surface area contributed by atoms with Gasteiger partial charge in [-0.3, -0.25) is 14.5 Å². The largest absolute Gasteiger partial charge is 0.476 e. The summed E-state index contributed by atoms with van der Waals surface area (Å²) >= 11 is 1.09. The van der Waals surface area contributed by atoms with Gasteiger partial charge < -0.3 is 25.2 Å². The average Bonchev–Trinajstić information content (AvgIpc) is 3.41. The maximum atomic E-state index is 14.2. The number of likely N-dealkylation sites (tertiary alicyclic amines) is 1. The molecule has 2 rings (SSSR count). The lowest BCUT2D eigenvalue weighted by atomic mass is 9.92. The molecule has 1 aromatic rings. The van der Waals surface area contributed by atoms with Gasteiger partial charge in [0.15, 0.2) is 5.69 Å². The van der Waals surface area contributed by atoms with E-state index in [-0.39, 0.29) is 48.5 Å². The molecule has 39 heavy (non-hydrogen) atoms. The number of ether oxygens (including phenoxy) is 1. The zero-order chi connectivity index (χ0) is 29.1. The van der Waals surface area contributed by atoms with Gasteiger partial charge in [-0.15, -0.1) is 11.3 Å². The van der Waals surface area contributed by atoms with E-state index in [0.29, 0.717) is 18.0 Å². The van der Waals surface area contributed by atoms with E-state index in [0.717, 1.165) is 50.0 Å². The molecular weight excluding hydrogens is 520 g/mol. The van der Waals surface area contributed by atoms with Crippen molar-refractivity contribution in [1.82, 2.24) is 20.1 Å². The number of nitrogens with zero attached hydrogens (tertiary/aromatic N) is 3. The topological polar surface area (TPSA) is 132 Å². The number of aromatic carboxylic acids is 1. The molecule has 0 saturated carbocycles. The lowest BCUT2D eigenvalue weighted by Gasteiger charge is -2.39. The Balaban J connectivity index is 2.32. The third-order valence-electron chi connectivity index (χ3n) is 7.67. The molecule has 3 N–H and O–H groups in total. The van der Waals surface area contributed by atoms with Crippen LogP contribution in [0, 0.1) is 11.8 Å². The van der Waals surface area contributed by atoms with Gasteiger partial charge in [0.1, 0.15) is 23.9 Å². The lowest BCUT2D eigenvalue weighted by Crippen LogP contribution is -2.59. The summed E-state index contributed by atoms with van der Waals surface area (Å²) in [4.78, 5) is 46.6. The van der Waals surface area contributed by atoms with Gasteiger partial charge in [0, 0.05) is 24.4 Å². The minimum absolute atomic E-state index is 0.0405. The standard InChI is InChI=1S/C28H48N4O6S/c1-7-9-14-38-17-32(22(18(3)4)15-23(33)26-29-20(16-39-26)28(36)37)27(35)24(19(5)8-2)30-25(34)21-12-10-11-13-31(21)6/h16,18-19,21-24,33H,7-15,17H2,1-6H3,(H,30,34)(H,36,37)/t19-,21+,22+,23+,24-/m0/s1. The quantitative estimate of drug-likeness (QED) is 0.202. The van der Waals surface area contributed by atoms with E-state index >= 15 is 0 Å². The number of aliphatic hydroxyl groups is 1. The molecule has 2 amide bonds. The van der Waals surface area contributed by atoms with Crippen molar-refractivity contribution in [3.8, 4) is 0 Å². The molecule has 222 valence electrons. The second-order valence-corrected chi connectivity index (χ2v) is 11.9. The molecule has 11 heteroatoms. The molecule has 2 heterocycles. The molecule has 5 atom stereocenters. The number of unbranched alkanes of at least 4 members (excludes halogenated alkanes) is 1. The van der Waals surface area contributed by atoms with E-state index in [9.17, 15) is 24.6 Å². The molecule has 0 bridgehead atoms.